The molecule has 0 spiro atoms. The van der Waals surface area contributed by atoms with Crippen LogP contribution in [0, 0.1) is 6.92 Å². The number of hydrogen-bond acceptors (Lipinski definition) is 4. The second kappa shape index (κ2) is 5.19. The lowest BCUT2D eigenvalue weighted by Gasteiger charge is -2.11. The minimum absolute atomic E-state index is 0.0932. The van der Waals surface area contributed by atoms with Crippen molar-refractivity contribution in [2.75, 3.05) is 0 Å². The van der Waals surface area contributed by atoms with E-state index in [1.807, 2.05) is 27.0 Å². The van der Waals surface area contributed by atoms with Gasteiger partial charge in [0.2, 0.25) is 0 Å². The second-order valence-electron chi connectivity index (χ2n) is 4.06. The summed E-state index contributed by atoms with van der Waals surface area (Å²) in [6.45, 7) is 3.85. The van der Waals surface area contributed by atoms with Gasteiger partial charge in [-0.05, 0) is 41.4 Å². The SMILES string of the molecule is Cc1cc(C(=O)NC(C)c2nncn2C)sc1Br. The molecule has 5 nitrogen and oxygen atoms in total. The van der Waals surface area contributed by atoms with E-state index in [1.54, 1.807) is 10.9 Å². The Hall–Kier alpha value is -1.21. The van der Waals surface area contributed by atoms with E-state index < -0.39 is 0 Å². The van der Waals surface area contributed by atoms with Crippen LogP contribution in [0.25, 0.3) is 0 Å². The number of nitrogens with zero attached hydrogens (tertiary/aromatic N) is 3. The third-order valence-corrected chi connectivity index (χ3v) is 4.70. The number of carbonyl (C=O) groups excluding carboxylic acids is 1. The van der Waals surface area contributed by atoms with Gasteiger partial charge in [-0.15, -0.1) is 21.5 Å². The zero-order valence-corrected chi connectivity index (χ0v) is 12.7. The van der Waals surface area contributed by atoms with Gasteiger partial charge in [0, 0.05) is 7.05 Å². The molecule has 0 saturated carbocycles. The first-order valence-electron chi connectivity index (χ1n) is 5.39. The van der Waals surface area contributed by atoms with Crippen molar-refractivity contribution in [2.45, 2.75) is 19.9 Å². The van der Waals surface area contributed by atoms with E-state index in [9.17, 15) is 4.79 Å². The predicted molar refractivity (Wildman–Crippen MR) is 73.6 cm³/mol. The van der Waals surface area contributed by atoms with Crippen molar-refractivity contribution in [1.29, 1.82) is 0 Å². The molecule has 1 atom stereocenters. The maximum absolute atomic E-state index is 12.0. The molecule has 7 heteroatoms. The summed E-state index contributed by atoms with van der Waals surface area (Å²) in [4.78, 5) is 12.7. The lowest BCUT2D eigenvalue weighted by Crippen LogP contribution is -2.27. The maximum Gasteiger partial charge on any atom is 0.261 e. The minimum Gasteiger partial charge on any atom is -0.342 e. The molecule has 0 aromatic carbocycles. The number of hydrogen-bond donors (Lipinski definition) is 1. The van der Waals surface area contributed by atoms with Crippen LogP contribution in [0.2, 0.25) is 0 Å². The first-order valence-corrected chi connectivity index (χ1v) is 7.00. The number of carbonyl (C=O) groups is 1. The fourth-order valence-electron chi connectivity index (χ4n) is 1.59. The fourth-order valence-corrected chi connectivity index (χ4v) is 3.03. The average molecular weight is 329 g/mol. The molecule has 0 aliphatic rings. The predicted octanol–water partition coefficient (Wildman–Crippen LogP) is 2.44. The van der Waals surface area contributed by atoms with E-state index in [4.69, 9.17) is 0 Å². The summed E-state index contributed by atoms with van der Waals surface area (Å²) in [5.41, 5.74) is 1.07. The first kappa shape index (κ1) is 13.2. The maximum atomic E-state index is 12.0. The highest BCUT2D eigenvalue weighted by Gasteiger charge is 2.17. The number of aromatic nitrogens is 3. The van der Waals surface area contributed by atoms with Crippen molar-refractivity contribution < 1.29 is 4.79 Å². The largest absolute Gasteiger partial charge is 0.342 e. The summed E-state index contributed by atoms with van der Waals surface area (Å²) < 4.78 is 2.78. The Kier molecular flexibility index (Phi) is 3.82. The third kappa shape index (κ3) is 2.62. The normalized spacial score (nSPS) is 12.4. The van der Waals surface area contributed by atoms with Crippen molar-refractivity contribution >= 4 is 33.2 Å². The van der Waals surface area contributed by atoms with Crippen LogP contribution >= 0.6 is 27.3 Å². The standard InChI is InChI=1S/C11H13BrN4OS/c1-6-4-8(18-9(6)12)11(17)14-7(2)10-15-13-5-16(10)3/h4-5,7H,1-3H3,(H,14,17). The lowest BCUT2D eigenvalue weighted by atomic mass is 10.3. The molecule has 2 heterocycles. The molecule has 2 rings (SSSR count). The minimum atomic E-state index is -0.175. The summed E-state index contributed by atoms with van der Waals surface area (Å²) in [5.74, 6) is 0.639. The molecular weight excluding hydrogens is 316 g/mol. The van der Waals surface area contributed by atoms with E-state index in [2.05, 4.69) is 31.4 Å². The molecule has 0 fully saturated rings. The van der Waals surface area contributed by atoms with Crippen molar-refractivity contribution in [3.63, 3.8) is 0 Å². The second-order valence-corrected chi connectivity index (χ2v) is 6.43. The molecule has 96 valence electrons. The number of aryl methyl sites for hydroxylation is 2. The smallest absolute Gasteiger partial charge is 0.261 e. The van der Waals surface area contributed by atoms with Crippen LogP contribution in [-0.2, 0) is 7.05 Å². The molecule has 2 aromatic rings. The van der Waals surface area contributed by atoms with Crippen LogP contribution in [-0.4, -0.2) is 20.7 Å². The Morgan fingerprint density at radius 2 is 2.33 bits per heavy atom. The van der Waals surface area contributed by atoms with Gasteiger partial charge in [-0.25, -0.2) is 0 Å². The topological polar surface area (TPSA) is 59.8 Å². The summed E-state index contributed by atoms with van der Waals surface area (Å²) >= 11 is 4.84. The van der Waals surface area contributed by atoms with Gasteiger partial charge in [0.25, 0.3) is 5.91 Å². The number of rotatable bonds is 3. The number of nitrogens with one attached hydrogen (secondary N) is 1. The van der Waals surface area contributed by atoms with E-state index in [0.717, 1.165) is 15.2 Å². The van der Waals surface area contributed by atoms with Gasteiger partial charge in [-0.3, -0.25) is 4.79 Å². The van der Waals surface area contributed by atoms with Gasteiger partial charge in [0.15, 0.2) is 5.82 Å². The third-order valence-electron chi connectivity index (χ3n) is 2.56. The Labute approximate surface area is 117 Å². The highest BCUT2D eigenvalue weighted by Crippen LogP contribution is 2.27. The Balaban J connectivity index is 2.10. The molecule has 0 radical (unpaired) electrons. The highest BCUT2D eigenvalue weighted by molar-refractivity contribution is 9.11. The van der Waals surface area contributed by atoms with E-state index in [-0.39, 0.29) is 11.9 Å². The van der Waals surface area contributed by atoms with Crippen molar-refractivity contribution in [2.24, 2.45) is 7.05 Å². The summed E-state index contributed by atoms with van der Waals surface area (Å²) in [5, 5.41) is 10.7. The van der Waals surface area contributed by atoms with Crippen molar-refractivity contribution in [3.8, 4) is 0 Å². The zero-order chi connectivity index (χ0) is 13.3. The summed E-state index contributed by atoms with van der Waals surface area (Å²) in [6, 6.07) is 1.69. The summed E-state index contributed by atoms with van der Waals surface area (Å²) in [7, 11) is 1.85. The molecule has 1 amide bonds. The number of thiophene rings is 1. The van der Waals surface area contributed by atoms with Gasteiger partial charge >= 0.3 is 0 Å². The van der Waals surface area contributed by atoms with Gasteiger partial charge < -0.3 is 9.88 Å². The number of amides is 1. The highest BCUT2D eigenvalue weighted by atomic mass is 79.9. The number of halogens is 1. The van der Waals surface area contributed by atoms with Crippen LogP contribution in [0.3, 0.4) is 0 Å². The molecule has 0 bridgehead atoms. The first-order chi connectivity index (χ1) is 8.49. The van der Waals surface area contributed by atoms with Gasteiger partial charge in [0.05, 0.1) is 14.7 Å². The lowest BCUT2D eigenvalue weighted by molar-refractivity contribution is 0.0942. The van der Waals surface area contributed by atoms with Crippen LogP contribution in [0.15, 0.2) is 16.2 Å². The van der Waals surface area contributed by atoms with E-state index in [0.29, 0.717) is 4.88 Å². The van der Waals surface area contributed by atoms with Gasteiger partial charge in [-0.2, -0.15) is 0 Å². The van der Waals surface area contributed by atoms with Crippen LogP contribution < -0.4 is 5.32 Å². The van der Waals surface area contributed by atoms with Crippen LogP contribution in [0.1, 0.15) is 34.0 Å². The Morgan fingerprint density at radius 1 is 1.61 bits per heavy atom. The molecule has 0 aliphatic carbocycles. The molecule has 1 unspecified atom stereocenters. The Morgan fingerprint density at radius 3 is 2.83 bits per heavy atom. The van der Waals surface area contributed by atoms with E-state index >= 15 is 0 Å². The van der Waals surface area contributed by atoms with Crippen molar-refractivity contribution in [3.05, 3.63) is 32.4 Å². The van der Waals surface area contributed by atoms with E-state index in [1.165, 1.54) is 11.3 Å². The van der Waals surface area contributed by atoms with Crippen molar-refractivity contribution in [1.82, 2.24) is 20.1 Å². The molecule has 0 saturated heterocycles. The quantitative estimate of drug-likeness (QED) is 0.941. The molecule has 1 N–H and O–H groups in total. The molecule has 18 heavy (non-hydrogen) atoms. The molecule has 2 aromatic heterocycles. The zero-order valence-electron chi connectivity index (χ0n) is 10.3. The van der Waals surface area contributed by atoms with Crippen LogP contribution in [0.5, 0.6) is 0 Å². The molecule has 0 aliphatic heterocycles. The summed E-state index contributed by atoms with van der Waals surface area (Å²) in [6.07, 6.45) is 1.61. The monoisotopic (exact) mass is 328 g/mol. The Bertz CT molecular complexity index is 558. The van der Waals surface area contributed by atoms with Gasteiger partial charge in [-0.1, -0.05) is 0 Å². The van der Waals surface area contributed by atoms with Gasteiger partial charge in [0.1, 0.15) is 6.33 Å². The average Bonchev–Trinajstić information content (AvgIpc) is 2.86. The molecular formula is C11H13BrN4OS. The fraction of sp³-hybridized carbons (Fsp3) is 0.364. The van der Waals surface area contributed by atoms with Crippen LogP contribution in [0.4, 0.5) is 0 Å².